The Bertz CT molecular complexity index is 1050. The van der Waals surface area contributed by atoms with Crippen molar-refractivity contribution in [1.29, 1.82) is 0 Å². The normalized spacial score (nSPS) is 32.3. The second kappa shape index (κ2) is 8.08. The van der Waals surface area contributed by atoms with Crippen LogP contribution in [0.4, 0.5) is 0 Å². The van der Waals surface area contributed by atoms with Gasteiger partial charge in [-0.3, -0.25) is 9.58 Å². The zero-order chi connectivity index (χ0) is 22.8. The number of phenols is 1. The number of halogens is 1. The lowest BCUT2D eigenvalue weighted by molar-refractivity contribution is -0.149. The Morgan fingerprint density at radius 2 is 1.91 bits per heavy atom. The molecule has 1 aromatic heterocycles. The highest BCUT2D eigenvalue weighted by Crippen LogP contribution is 2.58. The van der Waals surface area contributed by atoms with Crippen LogP contribution in [-0.4, -0.2) is 74.2 Å². The number of aromatic nitrogens is 2. The van der Waals surface area contributed by atoms with Crippen LogP contribution in [-0.2, 0) is 18.4 Å². The molecule has 2 aliphatic carbocycles. The van der Waals surface area contributed by atoms with E-state index in [0.717, 1.165) is 75.3 Å². The number of rotatable bonds is 5. The molecule has 3 atom stereocenters. The van der Waals surface area contributed by atoms with Crippen molar-refractivity contribution in [1.82, 2.24) is 19.6 Å². The molecule has 1 aromatic carbocycles. The van der Waals surface area contributed by atoms with Crippen molar-refractivity contribution in [3.05, 3.63) is 45.7 Å². The van der Waals surface area contributed by atoms with Gasteiger partial charge in [0.25, 0.3) is 0 Å². The van der Waals surface area contributed by atoms with Gasteiger partial charge in [-0.25, -0.2) is 0 Å². The summed E-state index contributed by atoms with van der Waals surface area (Å²) in [5, 5.41) is 27.7. The van der Waals surface area contributed by atoms with E-state index in [9.17, 15) is 10.2 Å². The monoisotopic (exact) mass is 514 g/mol. The fourth-order valence-corrected chi connectivity index (χ4v) is 7.80. The Morgan fingerprint density at radius 3 is 2.67 bits per heavy atom. The van der Waals surface area contributed by atoms with E-state index in [-0.39, 0.29) is 11.5 Å². The Morgan fingerprint density at radius 1 is 1.12 bits per heavy atom. The molecule has 3 heterocycles. The summed E-state index contributed by atoms with van der Waals surface area (Å²) < 4.78 is 2.83. The fourth-order valence-electron chi connectivity index (χ4n) is 7.04. The zero-order valence-corrected chi connectivity index (χ0v) is 21.1. The van der Waals surface area contributed by atoms with Crippen molar-refractivity contribution < 1.29 is 10.2 Å². The van der Waals surface area contributed by atoms with Crippen LogP contribution in [0.2, 0.25) is 0 Å². The number of piperidine rings is 1. The van der Waals surface area contributed by atoms with Crippen LogP contribution in [0.3, 0.4) is 0 Å². The average molecular weight is 515 g/mol. The van der Waals surface area contributed by atoms with Gasteiger partial charge in [-0.2, -0.15) is 5.10 Å². The van der Waals surface area contributed by atoms with Crippen molar-refractivity contribution >= 4 is 15.9 Å². The first kappa shape index (κ1) is 22.1. The Hall–Kier alpha value is -1.41. The third-order valence-electron chi connectivity index (χ3n) is 9.01. The lowest BCUT2D eigenvalue weighted by Crippen LogP contribution is -2.71. The largest absolute Gasteiger partial charge is 0.507 e. The summed E-state index contributed by atoms with van der Waals surface area (Å²) in [5.41, 5.74) is 2.57. The maximum atomic E-state index is 12.6. The molecule has 2 N–H and O–H groups in total. The second-order valence-electron chi connectivity index (χ2n) is 11.0. The van der Waals surface area contributed by atoms with Crippen LogP contribution in [0.1, 0.15) is 48.8 Å². The van der Waals surface area contributed by atoms with Gasteiger partial charge in [-0.1, -0.05) is 6.07 Å². The van der Waals surface area contributed by atoms with Gasteiger partial charge in [-0.15, -0.1) is 0 Å². The zero-order valence-electron chi connectivity index (χ0n) is 19.5. The van der Waals surface area contributed by atoms with Gasteiger partial charge in [-0.05, 0) is 103 Å². The molecule has 3 fully saturated rings. The molecule has 33 heavy (non-hydrogen) atoms. The number of aliphatic hydroxyl groups is 1. The van der Waals surface area contributed by atoms with Gasteiger partial charge in [0.1, 0.15) is 5.75 Å². The van der Waals surface area contributed by atoms with Gasteiger partial charge in [0, 0.05) is 37.3 Å². The summed E-state index contributed by atoms with van der Waals surface area (Å²) in [5.74, 6) is 1.10. The highest BCUT2D eigenvalue weighted by molar-refractivity contribution is 9.10. The molecule has 7 heteroatoms. The van der Waals surface area contributed by atoms with Crippen LogP contribution in [0.25, 0.3) is 0 Å². The second-order valence-corrected chi connectivity index (χ2v) is 11.8. The predicted molar refractivity (Wildman–Crippen MR) is 131 cm³/mol. The molecule has 1 saturated carbocycles. The van der Waals surface area contributed by atoms with Crippen LogP contribution in [0, 0.1) is 12.8 Å². The smallest absolute Gasteiger partial charge is 0.130 e. The minimum atomic E-state index is -0.777. The molecule has 3 unspecified atom stereocenters. The number of fused-ring (bicyclic) bond motifs is 1. The van der Waals surface area contributed by atoms with E-state index in [1.54, 1.807) is 0 Å². The lowest BCUT2D eigenvalue weighted by atomic mass is 9.52. The molecule has 0 amide bonds. The molecular formula is C26H35BrN4O2. The third kappa shape index (κ3) is 3.58. The molecule has 6 nitrogen and oxygen atoms in total. The van der Waals surface area contributed by atoms with Crippen molar-refractivity contribution in [3.8, 4) is 5.75 Å². The Labute approximate surface area is 204 Å². The minimum absolute atomic E-state index is 0.157. The molecule has 0 spiro atoms. The van der Waals surface area contributed by atoms with Crippen LogP contribution >= 0.6 is 15.9 Å². The first-order chi connectivity index (χ1) is 15.9. The maximum absolute atomic E-state index is 12.6. The van der Waals surface area contributed by atoms with E-state index < -0.39 is 5.60 Å². The van der Waals surface area contributed by atoms with E-state index in [0.29, 0.717) is 5.75 Å². The third-order valence-corrected chi connectivity index (χ3v) is 9.81. The van der Waals surface area contributed by atoms with Gasteiger partial charge in [0.05, 0.1) is 22.8 Å². The predicted octanol–water partition coefficient (Wildman–Crippen LogP) is 3.46. The number of aryl methyl sites for hydroxylation is 1. The molecule has 2 bridgehead atoms. The summed E-state index contributed by atoms with van der Waals surface area (Å²) >= 11 is 3.74. The molecule has 2 aromatic rings. The summed E-state index contributed by atoms with van der Waals surface area (Å²) in [6.45, 7) is 7.91. The van der Waals surface area contributed by atoms with Crippen molar-refractivity contribution in [2.24, 2.45) is 5.92 Å². The van der Waals surface area contributed by atoms with E-state index >= 15 is 0 Å². The van der Waals surface area contributed by atoms with Crippen molar-refractivity contribution in [2.75, 3.05) is 32.7 Å². The summed E-state index contributed by atoms with van der Waals surface area (Å²) in [7, 11) is 0. The van der Waals surface area contributed by atoms with E-state index in [1.807, 2.05) is 16.9 Å². The highest BCUT2D eigenvalue weighted by Gasteiger charge is 2.63. The minimum Gasteiger partial charge on any atom is -0.507 e. The summed E-state index contributed by atoms with van der Waals surface area (Å²) in [4.78, 5) is 5.13. The van der Waals surface area contributed by atoms with Gasteiger partial charge >= 0.3 is 0 Å². The quantitative estimate of drug-likeness (QED) is 0.639. The number of aromatic hydroxyl groups is 1. The number of likely N-dealkylation sites (tertiary alicyclic amines) is 2. The average Bonchev–Trinajstić information content (AvgIpc) is 3.54. The first-order valence-electron chi connectivity index (χ1n) is 12.6. The molecule has 2 saturated heterocycles. The van der Waals surface area contributed by atoms with E-state index in [4.69, 9.17) is 0 Å². The van der Waals surface area contributed by atoms with Crippen LogP contribution in [0.5, 0.6) is 5.75 Å². The molecule has 0 radical (unpaired) electrons. The molecule has 2 aliphatic heterocycles. The molecule has 4 aliphatic rings. The summed E-state index contributed by atoms with van der Waals surface area (Å²) in [6.07, 6.45) is 10.2. The van der Waals surface area contributed by atoms with Crippen molar-refractivity contribution in [2.45, 2.75) is 69.1 Å². The molecule has 6 rings (SSSR count). The molecule has 178 valence electrons. The lowest BCUT2D eigenvalue weighted by Gasteiger charge is -2.61. The van der Waals surface area contributed by atoms with Gasteiger partial charge < -0.3 is 15.1 Å². The number of benzene rings is 1. The van der Waals surface area contributed by atoms with Gasteiger partial charge in [0.15, 0.2) is 0 Å². The van der Waals surface area contributed by atoms with Crippen LogP contribution in [0.15, 0.2) is 29.0 Å². The topological polar surface area (TPSA) is 64.8 Å². The van der Waals surface area contributed by atoms with Crippen LogP contribution < -0.4 is 0 Å². The van der Waals surface area contributed by atoms with E-state index in [2.05, 4.69) is 50.0 Å². The number of phenolic OH excluding ortho intramolecular Hbond substituents is 1. The standard InChI is InChI=1S/C26H35BrN4O2/c1-18-15-28-31(16-18)13-12-29-9-6-25-7-11-30(17-19-2-3-19)22(26(25,33)8-10-29)14-20-4-5-21(32)24(27)23(20)25/h4-5,15-16,19,22,32-33H,2-3,6-14,17H2,1H3. The Balaban J connectivity index is 1.34. The van der Waals surface area contributed by atoms with E-state index in [1.165, 1.54) is 29.5 Å². The fraction of sp³-hybridized carbons (Fsp3) is 0.654. The Kier molecular flexibility index (Phi) is 5.40. The number of hydrogen-bond acceptors (Lipinski definition) is 5. The summed E-state index contributed by atoms with van der Waals surface area (Å²) in [6, 6.07) is 4.08. The SMILES string of the molecule is Cc1cnn(CCN2CCC34CCN(CC5CC5)C(Cc5ccc(O)c(Br)c53)C4(O)CC2)c1. The van der Waals surface area contributed by atoms with Crippen molar-refractivity contribution in [3.63, 3.8) is 0 Å². The first-order valence-corrected chi connectivity index (χ1v) is 13.4. The number of nitrogens with zero attached hydrogens (tertiary/aromatic N) is 4. The molecular weight excluding hydrogens is 480 g/mol. The number of hydrogen-bond donors (Lipinski definition) is 2. The highest BCUT2D eigenvalue weighted by atomic mass is 79.9. The van der Waals surface area contributed by atoms with Gasteiger partial charge in [0.2, 0.25) is 0 Å². The maximum Gasteiger partial charge on any atom is 0.130 e.